The van der Waals surface area contributed by atoms with Crippen LogP contribution in [0.3, 0.4) is 0 Å². The monoisotopic (exact) mass is 330 g/mol. The molecule has 1 aromatic heterocycles. The molecule has 0 bridgehead atoms. The SMILES string of the molecule is COc1ccc(N2CCCC2)cc1NC(=O)CCc1cccs1. The second-order valence-corrected chi connectivity index (χ2v) is 6.74. The summed E-state index contributed by atoms with van der Waals surface area (Å²) < 4.78 is 5.38. The summed E-state index contributed by atoms with van der Waals surface area (Å²) in [5, 5.41) is 5.04. The van der Waals surface area contributed by atoms with Crippen LogP contribution < -0.4 is 15.0 Å². The first kappa shape index (κ1) is 15.9. The van der Waals surface area contributed by atoms with E-state index in [2.05, 4.69) is 22.3 Å². The van der Waals surface area contributed by atoms with Gasteiger partial charge in [-0.05, 0) is 48.9 Å². The van der Waals surface area contributed by atoms with Crippen LogP contribution in [0.25, 0.3) is 0 Å². The Bertz CT molecular complexity index is 649. The molecule has 1 fully saturated rings. The number of nitrogens with one attached hydrogen (secondary N) is 1. The van der Waals surface area contributed by atoms with E-state index in [1.807, 2.05) is 23.6 Å². The molecule has 122 valence electrons. The van der Waals surface area contributed by atoms with Crippen LogP contribution in [0.5, 0.6) is 5.75 Å². The average molecular weight is 330 g/mol. The van der Waals surface area contributed by atoms with Gasteiger partial charge in [-0.1, -0.05) is 6.07 Å². The zero-order chi connectivity index (χ0) is 16.1. The van der Waals surface area contributed by atoms with E-state index in [1.54, 1.807) is 18.4 Å². The molecule has 0 saturated carbocycles. The third-order valence-corrected chi connectivity index (χ3v) is 5.04. The third kappa shape index (κ3) is 4.05. The van der Waals surface area contributed by atoms with E-state index in [0.717, 1.165) is 30.9 Å². The molecule has 0 spiro atoms. The maximum atomic E-state index is 12.2. The molecule has 0 unspecified atom stereocenters. The zero-order valence-corrected chi connectivity index (χ0v) is 14.2. The summed E-state index contributed by atoms with van der Waals surface area (Å²) >= 11 is 1.69. The summed E-state index contributed by atoms with van der Waals surface area (Å²) in [4.78, 5) is 15.8. The topological polar surface area (TPSA) is 41.6 Å². The maximum Gasteiger partial charge on any atom is 0.224 e. The maximum absolute atomic E-state index is 12.2. The number of hydrogen-bond donors (Lipinski definition) is 1. The largest absolute Gasteiger partial charge is 0.495 e. The van der Waals surface area contributed by atoms with E-state index >= 15 is 0 Å². The standard InChI is InChI=1S/C18H22N2O2S/c1-22-17-8-6-14(20-10-2-3-11-20)13-16(17)19-18(21)9-7-15-5-4-12-23-15/h4-6,8,12-13H,2-3,7,9-11H2,1H3,(H,19,21). The number of hydrogen-bond acceptors (Lipinski definition) is 4. The highest BCUT2D eigenvalue weighted by Crippen LogP contribution is 2.31. The van der Waals surface area contributed by atoms with Gasteiger partial charge in [0.15, 0.2) is 0 Å². The lowest BCUT2D eigenvalue weighted by atomic mass is 10.2. The van der Waals surface area contributed by atoms with Crippen LogP contribution in [0.2, 0.25) is 0 Å². The van der Waals surface area contributed by atoms with Gasteiger partial charge in [0.2, 0.25) is 5.91 Å². The predicted octanol–water partition coefficient (Wildman–Crippen LogP) is 3.93. The van der Waals surface area contributed by atoms with Crippen LogP contribution in [0.15, 0.2) is 35.7 Å². The van der Waals surface area contributed by atoms with Gasteiger partial charge < -0.3 is 15.0 Å². The second-order valence-electron chi connectivity index (χ2n) is 5.71. The van der Waals surface area contributed by atoms with E-state index < -0.39 is 0 Å². The number of thiophene rings is 1. The van der Waals surface area contributed by atoms with Crippen LogP contribution in [0.1, 0.15) is 24.1 Å². The highest BCUT2D eigenvalue weighted by atomic mass is 32.1. The molecule has 1 aromatic carbocycles. The number of aryl methyl sites for hydroxylation is 1. The summed E-state index contributed by atoms with van der Waals surface area (Å²) in [6.07, 6.45) is 3.72. The molecular weight excluding hydrogens is 308 g/mol. The predicted molar refractivity (Wildman–Crippen MR) is 95.7 cm³/mol. The van der Waals surface area contributed by atoms with Crippen molar-refractivity contribution >= 4 is 28.6 Å². The molecule has 3 rings (SSSR count). The van der Waals surface area contributed by atoms with Crippen LogP contribution in [0, 0.1) is 0 Å². The lowest BCUT2D eigenvalue weighted by Crippen LogP contribution is -2.18. The van der Waals surface area contributed by atoms with Crippen molar-refractivity contribution in [2.24, 2.45) is 0 Å². The normalized spacial score (nSPS) is 14.0. The van der Waals surface area contributed by atoms with Gasteiger partial charge in [0.25, 0.3) is 0 Å². The Morgan fingerprint density at radius 3 is 2.83 bits per heavy atom. The molecule has 0 aliphatic carbocycles. The fourth-order valence-electron chi connectivity index (χ4n) is 2.87. The van der Waals surface area contributed by atoms with E-state index in [4.69, 9.17) is 4.74 Å². The van der Waals surface area contributed by atoms with Crippen molar-refractivity contribution in [2.75, 3.05) is 30.4 Å². The lowest BCUT2D eigenvalue weighted by molar-refractivity contribution is -0.116. The van der Waals surface area contributed by atoms with Crippen molar-refractivity contribution in [3.05, 3.63) is 40.6 Å². The van der Waals surface area contributed by atoms with Crippen LogP contribution in [0.4, 0.5) is 11.4 Å². The number of carbonyl (C=O) groups is 1. The molecular formula is C18H22N2O2S. The zero-order valence-electron chi connectivity index (χ0n) is 13.4. The van der Waals surface area contributed by atoms with Gasteiger partial charge in [0.1, 0.15) is 5.75 Å². The van der Waals surface area contributed by atoms with Gasteiger partial charge in [0, 0.05) is 30.1 Å². The van der Waals surface area contributed by atoms with Gasteiger partial charge in [-0.25, -0.2) is 0 Å². The van der Waals surface area contributed by atoms with E-state index in [1.165, 1.54) is 17.7 Å². The Labute approximate surface area is 141 Å². The Balaban J connectivity index is 1.67. The summed E-state index contributed by atoms with van der Waals surface area (Å²) in [7, 11) is 1.63. The molecule has 0 radical (unpaired) electrons. The number of ether oxygens (including phenoxy) is 1. The molecule has 23 heavy (non-hydrogen) atoms. The van der Waals surface area contributed by atoms with Gasteiger partial charge in [-0.15, -0.1) is 11.3 Å². The molecule has 1 amide bonds. The van der Waals surface area contributed by atoms with Crippen LogP contribution in [-0.4, -0.2) is 26.1 Å². The van der Waals surface area contributed by atoms with Crippen molar-refractivity contribution in [1.29, 1.82) is 0 Å². The average Bonchev–Trinajstić information content (AvgIpc) is 3.26. The first-order valence-electron chi connectivity index (χ1n) is 8.01. The van der Waals surface area contributed by atoms with Crippen LogP contribution in [-0.2, 0) is 11.2 Å². The molecule has 2 aromatic rings. The number of anilines is 2. The fourth-order valence-corrected chi connectivity index (χ4v) is 3.58. The molecule has 1 aliphatic rings. The summed E-state index contributed by atoms with van der Waals surface area (Å²) in [5.41, 5.74) is 1.91. The van der Waals surface area contributed by atoms with Crippen molar-refractivity contribution in [3.63, 3.8) is 0 Å². The molecule has 2 heterocycles. The van der Waals surface area contributed by atoms with Crippen molar-refractivity contribution in [1.82, 2.24) is 0 Å². The van der Waals surface area contributed by atoms with Gasteiger partial charge >= 0.3 is 0 Å². The summed E-state index contributed by atoms with van der Waals surface area (Å²) in [6, 6.07) is 10.1. The van der Waals surface area contributed by atoms with Gasteiger partial charge in [-0.3, -0.25) is 4.79 Å². The van der Waals surface area contributed by atoms with Crippen LogP contribution >= 0.6 is 11.3 Å². The minimum Gasteiger partial charge on any atom is -0.495 e. The van der Waals surface area contributed by atoms with E-state index in [9.17, 15) is 4.79 Å². The molecule has 1 saturated heterocycles. The van der Waals surface area contributed by atoms with Crippen molar-refractivity contribution in [2.45, 2.75) is 25.7 Å². The number of amides is 1. The molecule has 1 N–H and O–H groups in total. The first-order valence-corrected chi connectivity index (χ1v) is 8.89. The Morgan fingerprint density at radius 1 is 1.30 bits per heavy atom. The second kappa shape index (κ2) is 7.51. The highest BCUT2D eigenvalue weighted by molar-refractivity contribution is 7.09. The number of carbonyl (C=O) groups excluding carboxylic acids is 1. The van der Waals surface area contributed by atoms with E-state index in [-0.39, 0.29) is 5.91 Å². The van der Waals surface area contributed by atoms with E-state index in [0.29, 0.717) is 12.2 Å². The Kier molecular flexibility index (Phi) is 5.18. The lowest BCUT2D eigenvalue weighted by Gasteiger charge is -2.20. The van der Waals surface area contributed by atoms with Gasteiger partial charge in [-0.2, -0.15) is 0 Å². The minimum absolute atomic E-state index is 0.0234. The van der Waals surface area contributed by atoms with Crippen molar-refractivity contribution in [3.8, 4) is 5.75 Å². The first-order chi connectivity index (χ1) is 11.3. The quantitative estimate of drug-likeness (QED) is 0.872. The van der Waals surface area contributed by atoms with Crippen molar-refractivity contribution < 1.29 is 9.53 Å². The number of benzene rings is 1. The summed E-state index contributed by atoms with van der Waals surface area (Å²) in [6.45, 7) is 2.16. The Morgan fingerprint density at radius 2 is 2.13 bits per heavy atom. The highest BCUT2D eigenvalue weighted by Gasteiger charge is 2.15. The molecule has 5 heteroatoms. The molecule has 0 atom stereocenters. The number of rotatable bonds is 6. The Hall–Kier alpha value is -2.01. The number of methoxy groups -OCH3 is 1. The molecule has 1 aliphatic heterocycles. The fraction of sp³-hybridized carbons (Fsp3) is 0.389. The number of nitrogens with zero attached hydrogens (tertiary/aromatic N) is 1. The smallest absolute Gasteiger partial charge is 0.224 e. The summed E-state index contributed by atoms with van der Waals surface area (Å²) in [5.74, 6) is 0.729. The minimum atomic E-state index is 0.0234. The third-order valence-electron chi connectivity index (χ3n) is 4.11. The molecule has 4 nitrogen and oxygen atoms in total. The van der Waals surface area contributed by atoms with Gasteiger partial charge in [0.05, 0.1) is 12.8 Å².